The van der Waals surface area contributed by atoms with Gasteiger partial charge in [-0.2, -0.15) is 0 Å². The largest absolute Gasteiger partial charge is 1.00 e. The van der Waals surface area contributed by atoms with Crippen molar-refractivity contribution in [2.24, 2.45) is 11.8 Å². The van der Waals surface area contributed by atoms with Gasteiger partial charge in [0, 0.05) is 11.9 Å². The van der Waals surface area contributed by atoms with Crippen LogP contribution in [0.1, 0.15) is 71.1 Å². The molecule has 0 saturated heterocycles. The molecule has 1 fully saturated rings. The number of unbranched alkanes of at least 4 members (excludes halogenated alkanes) is 4. The molecule has 1 rings (SSSR count). The normalized spacial score (nSPS) is 20.9. The Hall–Kier alpha value is -0.320. The van der Waals surface area contributed by atoms with Crippen LogP contribution in [0, 0.1) is 11.8 Å². The maximum atomic E-state index is 12.0. The molecule has 126 valence electrons. The number of esters is 1. The molecule has 1 aliphatic carbocycles. The summed E-state index contributed by atoms with van der Waals surface area (Å²) in [6.07, 6.45) is 13.7. The zero-order valence-corrected chi connectivity index (χ0v) is 16.7. The van der Waals surface area contributed by atoms with Gasteiger partial charge in [0.15, 0.2) is 0 Å². The molecule has 5 heteroatoms. The first-order valence-electron chi connectivity index (χ1n) is 8.69. The van der Waals surface area contributed by atoms with Gasteiger partial charge in [-0.25, -0.2) is 0 Å². The molecule has 0 radical (unpaired) electrons. The summed E-state index contributed by atoms with van der Waals surface area (Å²) < 4.78 is 5.26. The van der Waals surface area contributed by atoms with Gasteiger partial charge in [-0.1, -0.05) is 38.3 Å². The van der Waals surface area contributed by atoms with Crippen molar-refractivity contribution in [3.8, 4) is 0 Å². The van der Waals surface area contributed by atoms with Crippen molar-refractivity contribution < 1.29 is 49.0 Å². The molecule has 0 heterocycles. The fourth-order valence-electron chi connectivity index (χ4n) is 2.92. The standard InChI is InChI=1S/C18H30O4.Na/c1-2-3-4-5-6-7-8-11-14-22-18(21)16-13-10-9-12-15(16)17(19)20;/h4-5,15-16H,2-3,6-14H2,1H3,(H,19,20);/q;+1/p-1/b5-4+;. The van der Waals surface area contributed by atoms with Crippen LogP contribution in [0.5, 0.6) is 0 Å². The van der Waals surface area contributed by atoms with Gasteiger partial charge < -0.3 is 14.6 Å². The fraction of sp³-hybridized carbons (Fsp3) is 0.778. The predicted molar refractivity (Wildman–Crippen MR) is 83.9 cm³/mol. The Balaban J connectivity index is 0.00000484. The summed E-state index contributed by atoms with van der Waals surface area (Å²) in [5, 5.41) is 11.1. The van der Waals surface area contributed by atoms with Crippen molar-refractivity contribution in [3.05, 3.63) is 12.2 Å². The predicted octanol–water partition coefficient (Wildman–Crippen LogP) is 0.00660. The van der Waals surface area contributed by atoms with E-state index in [-0.39, 0.29) is 35.5 Å². The molecular formula is C18H29NaO4. The van der Waals surface area contributed by atoms with Gasteiger partial charge in [0.2, 0.25) is 0 Å². The van der Waals surface area contributed by atoms with Crippen LogP contribution in [0.3, 0.4) is 0 Å². The first-order chi connectivity index (χ1) is 10.7. The number of rotatable bonds is 10. The Labute approximate surface area is 162 Å². The SMILES string of the molecule is CCC/C=C/CCCCCOC(=O)C1CCCCC1C(=O)[O-].[Na+]. The van der Waals surface area contributed by atoms with E-state index in [1.165, 1.54) is 6.42 Å². The maximum absolute atomic E-state index is 12.0. The number of carbonyl (C=O) groups is 2. The summed E-state index contributed by atoms with van der Waals surface area (Å²) in [6, 6.07) is 0. The van der Waals surface area contributed by atoms with E-state index in [1.54, 1.807) is 0 Å². The summed E-state index contributed by atoms with van der Waals surface area (Å²) >= 11 is 0. The van der Waals surface area contributed by atoms with Gasteiger partial charge in [0.25, 0.3) is 0 Å². The molecule has 0 bridgehead atoms. The molecule has 1 saturated carbocycles. The second-order valence-corrected chi connectivity index (χ2v) is 6.09. The quantitative estimate of drug-likeness (QED) is 0.245. The monoisotopic (exact) mass is 332 g/mol. The van der Waals surface area contributed by atoms with Crippen LogP contribution in [0.25, 0.3) is 0 Å². The molecule has 0 aromatic heterocycles. The van der Waals surface area contributed by atoms with Crippen LogP contribution in [0.2, 0.25) is 0 Å². The minimum absolute atomic E-state index is 0. The van der Waals surface area contributed by atoms with Crippen LogP contribution in [0.4, 0.5) is 0 Å². The van der Waals surface area contributed by atoms with E-state index in [9.17, 15) is 14.7 Å². The average Bonchev–Trinajstić information content (AvgIpc) is 2.53. The number of carbonyl (C=O) groups excluding carboxylic acids is 2. The number of carboxylic acid groups (broad SMARTS) is 1. The third-order valence-electron chi connectivity index (χ3n) is 4.25. The minimum Gasteiger partial charge on any atom is -0.550 e. The van der Waals surface area contributed by atoms with Gasteiger partial charge in [-0.15, -0.1) is 0 Å². The van der Waals surface area contributed by atoms with E-state index in [0.29, 0.717) is 19.4 Å². The third kappa shape index (κ3) is 9.53. The zero-order chi connectivity index (χ0) is 16.2. The number of ether oxygens (including phenoxy) is 1. The van der Waals surface area contributed by atoms with Crippen LogP contribution in [0.15, 0.2) is 12.2 Å². The third-order valence-corrected chi connectivity index (χ3v) is 4.25. The van der Waals surface area contributed by atoms with Crippen molar-refractivity contribution in [2.45, 2.75) is 71.1 Å². The first-order valence-corrected chi connectivity index (χ1v) is 8.69. The number of hydrogen-bond donors (Lipinski definition) is 0. The minimum atomic E-state index is -1.11. The Morgan fingerprint density at radius 1 is 1.04 bits per heavy atom. The Kier molecular flexibility index (Phi) is 13.9. The summed E-state index contributed by atoms with van der Waals surface area (Å²) in [6.45, 7) is 2.56. The van der Waals surface area contributed by atoms with Crippen LogP contribution in [-0.4, -0.2) is 18.5 Å². The van der Waals surface area contributed by atoms with Crippen LogP contribution < -0.4 is 34.7 Å². The average molecular weight is 332 g/mol. The second-order valence-electron chi connectivity index (χ2n) is 6.09. The summed E-state index contributed by atoms with van der Waals surface area (Å²) in [5.41, 5.74) is 0. The van der Waals surface area contributed by atoms with Gasteiger partial charge in [0.1, 0.15) is 0 Å². The smallest absolute Gasteiger partial charge is 0.550 e. The van der Waals surface area contributed by atoms with Crippen molar-refractivity contribution >= 4 is 11.9 Å². The number of carboxylic acids is 1. The Morgan fingerprint density at radius 3 is 2.35 bits per heavy atom. The molecule has 0 aromatic carbocycles. The topological polar surface area (TPSA) is 66.4 Å². The second kappa shape index (κ2) is 14.1. The molecule has 0 N–H and O–H groups in total. The van der Waals surface area contributed by atoms with Crippen molar-refractivity contribution in [1.29, 1.82) is 0 Å². The van der Waals surface area contributed by atoms with Gasteiger partial charge >= 0.3 is 35.5 Å². The molecule has 0 aliphatic heterocycles. The number of aliphatic carboxylic acids is 1. The van der Waals surface area contributed by atoms with Crippen LogP contribution in [-0.2, 0) is 14.3 Å². The fourth-order valence-corrected chi connectivity index (χ4v) is 2.92. The molecule has 23 heavy (non-hydrogen) atoms. The van der Waals surface area contributed by atoms with Crippen molar-refractivity contribution in [1.82, 2.24) is 0 Å². The number of hydrogen-bond acceptors (Lipinski definition) is 4. The molecule has 0 aromatic rings. The Morgan fingerprint density at radius 2 is 1.70 bits per heavy atom. The van der Waals surface area contributed by atoms with E-state index in [2.05, 4.69) is 19.1 Å². The first kappa shape index (κ1) is 22.7. The van der Waals surface area contributed by atoms with E-state index in [0.717, 1.165) is 44.9 Å². The van der Waals surface area contributed by atoms with Gasteiger partial charge in [-0.3, -0.25) is 4.79 Å². The van der Waals surface area contributed by atoms with Crippen molar-refractivity contribution in [3.63, 3.8) is 0 Å². The maximum Gasteiger partial charge on any atom is 1.00 e. The Bertz CT molecular complexity index is 368. The molecule has 1 aliphatic rings. The summed E-state index contributed by atoms with van der Waals surface area (Å²) in [7, 11) is 0. The molecule has 4 nitrogen and oxygen atoms in total. The molecule has 2 atom stereocenters. The zero-order valence-electron chi connectivity index (χ0n) is 14.7. The molecule has 2 unspecified atom stereocenters. The molecular weight excluding hydrogens is 303 g/mol. The molecule has 0 spiro atoms. The van der Waals surface area contributed by atoms with E-state index in [1.807, 2.05) is 0 Å². The van der Waals surface area contributed by atoms with E-state index < -0.39 is 17.8 Å². The summed E-state index contributed by atoms with van der Waals surface area (Å²) in [5.74, 6) is -2.63. The molecule has 0 amide bonds. The van der Waals surface area contributed by atoms with Crippen LogP contribution >= 0.6 is 0 Å². The van der Waals surface area contributed by atoms with E-state index in [4.69, 9.17) is 4.74 Å². The van der Waals surface area contributed by atoms with Crippen molar-refractivity contribution in [2.75, 3.05) is 6.61 Å². The van der Waals surface area contributed by atoms with E-state index >= 15 is 0 Å². The van der Waals surface area contributed by atoms with Gasteiger partial charge in [-0.05, 0) is 44.9 Å². The number of allylic oxidation sites excluding steroid dienone is 2. The van der Waals surface area contributed by atoms with Gasteiger partial charge in [0.05, 0.1) is 12.5 Å². The summed E-state index contributed by atoms with van der Waals surface area (Å²) in [4.78, 5) is 23.1.